The monoisotopic (exact) mass is 325 g/mol. The van der Waals surface area contributed by atoms with Gasteiger partial charge in [-0.3, -0.25) is 4.72 Å². The number of rotatable bonds is 3. The van der Waals surface area contributed by atoms with Gasteiger partial charge in [-0.1, -0.05) is 11.6 Å². The van der Waals surface area contributed by atoms with Crippen LogP contribution in [0.25, 0.3) is 0 Å². The third kappa shape index (κ3) is 3.24. The number of halogens is 2. The molecule has 2 rings (SSSR count). The molecule has 0 fully saturated rings. The first kappa shape index (κ1) is 15.1. The van der Waals surface area contributed by atoms with Gasteiger partial charge in [0.1, 0.15) is 10.7 Å². The zero-order valence-corrected chi connectivity index (χ0v) is 12.0. The van der Waals surface area contributed by atoms with E-state index in [4.69, 9.17) is 22.6 Å². The third-order valence-corrected chi connectivity index (χ3v) is 4.35. The number of nitriles is 1. The first-order chi connectivity index (χ1) is 9.83. The lowest BCUT2D eigenvalue weighted by atomic mass is 10.2. The second-order valence-electron chi connectivity index (χ2n) is 4.10. The minimum absolute atomic E-state index is 0.0604. The molecule has 0 saturated heterocycles. The molecule has 0 aliphatic heterocycles. The van der Waals surface area contributed by atoms with Gasteiger partial charge in [0.15, 0.2) is 0 Å². The van der Waals surface area contributed by atoms with E-state index < -0.39 is 15.8 Å². The van der Waals surface area contributed by atoms with Crippen LogP contribution >= 0.6 is 11.6 Å². The normalized spacial score (nSPS) is 10.9. The molecule has 21 heavy (non-hydrogen) atoms. The van der Waals surface area contributed by atoms with E-state index in [0.29, 0.717) is 0 Å². The molecule has 0 amide bonds. The number of hydrogen-bond donors (Lipinski definition) is 2. The highest BCUT2D eigenvalue weighted by Crippen LogP contribution is 2.25. The zero-order valence-electron chi connectivity index (χ0n) is 10.5. The van der Waals surface area contributed by atoms with Crippen molar-refractivity contribution in [1.82, 2.24) is 0 Å². The van der Waals surface area contributed by atoms with Crippen LogP contribution in [0.5, 0.6) is 0 Å². The standard InChI is InChI=1S/C13H9ClFN3O2S/c14-10-6-9(2-3-11(10)15)18-21(19,20)13-4-1-8(7-16)5-12(13)17/h1-6,18H,17H2. The number of benzene rings is 2. The van der Waals surface area contributed by atoms with Crippen molar-refractivity contribution < 1.29 is 12.8 Å². The minimum Gasteiger partial charge on any atom is -0.398 e. The second kappa shape index (κ2) is 5.60. The molecule has 0 aliphatic carbocycles. The minimum atomic E-state index is -3.96. The van der Waals surface area contributed by atoms with Crippen LogP contribution in [-0.4, -0.2) is 8.42 Å². The van der Waals surface area contributed by atoms with Crippen LogP contribution in [0.1, 0.15) is 5.56 Å². The van der Waals surface area contributed by atoms with Gasteiger partial charge in [0, 0.05) is 0 Å². The quantitative estimate of drug-likeness (QED) is 0.848. The highest BCUT2D eigenvalue weighted by atomic mass is 35.5. The van der Waals surface area contributed by atoms with Crippen molar-refractivity contribution in [2.24, 2.45) is 0 Å². The number of nitrogen functional groups attached to an aromatic ring is 1. The van der Waals surface area contributed by atoms with E-state index in [0.717, 1.165) is 12.1 Å². The Morgan fingerprint density at radius 3 is 2.52 bits per heavy atom. The molecular weight excluding hydrogens is 317 g/mol. The average molecular weight is 326 g/mol. The smallest absolute Gasteiger partial charge is 0.263 e. The molecule has 0 unspecified atom stereocenters. The van der Waals surface area contributed by atoms with Crippen LogP contribution in [0.3, 0.4) is 0 Å². The van der Waals surface area contributed by atoms with E-state index in [-0.39, 0.29) is 26.9 Å². The Morgan fingerprint density at radius 1 is 1.24 bits per heavy atom. The predicted molar refractivity (Wildman–Crippen MR) is 77.8 cm³/mol. The van der Waals surface area contributed by atoms with E-state index in [1.165, 1.54) is 24.3 Å². The molecule has 0 atom stereocenters. The van der Waals surface area contributed by atoms with E-state index in [1.807, 2.05) is 6.07 Å². The summed E-state index contributed by atoms with van der Waals surface area (Å²) in [5.41, 5.74) is 5.92. The molecule has 0 radical (unpaired) electrons. The van der Waals surface area contributed by atoms with Gasteiger partial charge in [-0.25, -0.2) is 12.8 Å². The van der Waals surface area contributed by atoms with E-state index >= 15 is 0 Å². The van der Waals surface area contributed by atoms with Gasteiger partial charge in [0.05, 0.1) is 28.0 Å². The maximum atomic E-state index is 13.0. The van der Waals surface area contributed by atoms with Crippen molar-refractivity contribution in [2.45, 2.75) is 4.90 Å². The molecule has 0 saturated carbocycles. The fourth-order valence-corrected chi connectivity index (χ4v) is 2.98. The fraction of sp³-hybridized carbons (Fsp3) is 0. The highest BCUT2D eigenvalue weighted by Gasteiger charge is 2.18. The Bertz CT molecular complexity index is 847. The largest absolute Gasteiger partial charge is 0.398 e. The van der Waals surface area contributed by atoms with E-state index in [1.54, 1.807) is 0 Å². The third-order valence-electron chi connectivity index (χ3n) is 2.60. The zero-order chi connectivity index (χ0) is 15.6. The van der Waals surface area contributed by atoms with Crippen molar-refractivity contribution in [3.63, 3.8) is 0 Å². The highest BCUT2D eigenvalue weighted by molar-refractivity contribution is 7.92. The summed E-state index contributed by atoms with van der Waals surface area (Å²) in [6, 6.07) is 9.10. The molecule has 0 heterocycles. The number of nitrogens with zero attached hydrogens (tertiary/aromatic N) is 1. The van der Waals surface area contributed by atoms with Crippen molar-refractivity contribution in [3.8, 4) is 6.07 Å². The van der Waals surface area contributed by atoms with Gasteiger partial charge in [-0.05, 0) is 36.4 Å². The topological polar surface area (TPSA) is 96.0 Å². The summed E-state index contributed by atoms with van der Waals surface area (Å²) in [4.78, 5) is -0.179. The van der Waals surface area contributed by atoms with Crippen molar-refractivity contribution >= 4 is 33.0 Å². The van der Waals surface area contributed by atoms with Crippen LogP contribution in [0.15, 0.2) is 41.3 Å². The molecule has 3 N–H and O–H groups in total. The summed E-state index contributed by atoms with van der Waals surface area (Å²) >= 11 is 5.59. The molecule has 0 aromatic heterocycles. The second-order valence-corrected chi connectivity index (χ2v) is 6.16. The van der Waals surface area contributed by atoms with Gasteiger partial charge in [0.25, 0.3) is 10.0 Å². The molecule has 8 heteroatoms. The maximum Gasteiger partial charge on any atom is 0.263 e. The molecule has 0 aliphatic rings. The Morgan fingerprint density at radius 2 is 1.95 bits per heavy atom. The van der Waals surface area contributed by atoms with Gasteiger partial charge in [0.2, 0.25) is 0 Å². The molecule has 2 aromatic carbocycles. The van der Waals surface area contributed by atoms with Crippen molar-refractivity contribution in [1.29, 1.82) is 5.26 Å². The van der Waals surface area contributed by atoms with Gasteiger partial charge >= 0.3 is 0 Å². The molecular formula is C13H9ClFN3O2S. The summed E-state index contributed by atoms with van der Waals surface area (Å²) in [6.45, 7) is 0. The Labute approximate surface area is 125 Å². The first-order valence-electron chi connectivity index (χ1n) is 5.61. The maximum absolute atomic E-state index is 13.0. The molecule has 108 valence electrons. The lowest BCUT2D eigenvalue weighted by molar-refractivity contribution is 0.601. The molecule has 5 nitrogen and oxygen atoms in total. The molecule has 2 aromatic rings. The Kier molecular flexibility index (Phi) is 4.02. The van der Waals surface area contributed by atoms with Crippen LogP contribution in [0, 0.1) is 17.1 Å². The first-order valence-corrected chi connectivity index (χ1v) is 7.47. The summed E-state index contributed by atoms with van der Waals surface area (Å²) in [5, 5.41) is 8.52. The SMILES string of the molecule is N#Cc1ccc(S(=O)(=O)Nc2ccc(F)c(Cl)c2)c(N)c1. The Balaban J connectivity index is 2.38. The summed E-state index contributed by atoms with van der Waals surface area (Å²) < 4.78 is 39.7. The van der Waals surface area contributed by atoms with Crippen molar-refractivity contribution in [3.05, 3.63) is 52.8 Å². The number of nitrogens with two attached hydrogens (primary N) is 1. The van der Waals surface area contributed by atoms with Gasteiger partial charge in [-0.15, -0.1) is 0 Å². The number of nitrogens with one attached hydrogen (secondary N) is 1. The number of hydrogen-bond acceptors (Lipinski definition) is 4. The lowest BCUT2D eigenvalue weighted by Gasteiger charge is -2.10. The fourth-order valence-electron chi connectivity index (χ4n) is 1.63. The summed E-state index contributed by atoms with van der Waals surface area (Å²) in [6.07, 6.45) is 0. The Hall–Kier alpha value is -2.30. The van der Waals surface area contributed by atoms with Gasteiger partial charge < -0.3 is 5.73 Å². The number of sulfonamides is 1. The molecule has 0 bridgehead atoms. The number of anilines is 2. The van der Waals surface area contributed by atoms with E-state index in [9.17, 15) is 12.8 Å². The van der Waals surface area contributed by atoms with Crippen LogP contribution in [0.4, 0.5) is 15.8 Å². The summed E-state index contributed by atoms with van der Waals surface area (Å²) in [5.74, 6) is -0.655. The van der Waals surface area contributed by atoms with Crippen molar-refractivity contribution in [2.75, 3.05) is 10.5 Å². The average Bonchev–Trinajstić information content (AvgIpc) is 2.42. The lowest BCUT2D eigenvalue weighted by Crippen LogP contribution is -2.15. The van der Waals surface area contributed by atoms with Crippen LogP contribution in [-0.2, 0) is 10.0 Å². The molecule has 0 spiro atoms. The summed E-state index contributed by atoms with van der Waals surface area (Å²) in [7, 11) is -3.96. The van der Waals surface area contributed by atoms with Crippen LogP contribution in [0.2, 0.25) is 5.02 Å². The van der Waals surface area contributed by atoms with Crippen LogP contribution < -0.4 is 10.5 Å². The van der Waals surface area contributed by atoms with E-state index in [2.05, 4.69) is 4.72 Å². The predicted octanol–water partition coefficient (Wildman–Crippen LogP) is 2.73. The van der Waals surface area contributed by atoms with Gasteiger partial charge in [-0.2, -0.15) is 5.26 Å².